The third-order valence-electron chi connectivity index (χ3n) is 5.57. The average molecular weight is 604 g/mol. The summed E-state index contributed by atoms with van der Waals surface area (Å²) in [5.41, 5.74) is 1.18. The van der Waals surface area contributed by atoms with Crippen molar-refractivity contribution in [2.75, 3.05) is 30.5 Å². The molecule has 1 amide bonds. The predicted molar refractivity (Wildman–Crippen MR) is 140 cm³/mol. The zero-order valence-electron chi connectivity index (χ0n) is 21.8. The SMILES string of the molecule is COc1ccc(CNc2nc(N3CCCC3CO)ncc2C(=O)NCc2ncccn2)cc1Cl.O=S(=O)([O-])O.[Na+]. The van der Waals surface area contributed by atoms with Crippen molar-refractivity contribution in [1.82, 2.24) is 25.3 Å². The number of benzene rings is 1. The molecule has 0 bridgehead atoms. The third-order valence-corrected chi connectivity index (χ3v) is 5.86. The van der Waals surface area contributed by atoms with Crippen LogP contribution in [0.5, 0.6) is 5.75 Å². The van der Waals surface area contributed by atoms with Gasteiger partial charge in [-0.25, -0.2) is 23.4 Å². The number of aromatic nitrogens is 4. The van der Waals surface area contributed by atoms with Crippen molar-refractivity contribution < 1.29 is 61.7 Å². The molecule has 4 rings (SSSR count). The van der Waals surface area contributed by atoms with Crippen LogP contribution >= 0.6 is 11.6 Å². The van der Waals surface area contributed by atoms with Gasteiger partial charge in [0.25, 0.3) is 5.91 Å². The quantitative estimate of drug-likeness (QED) is 0.124. The summed E-state index contributed by atoms with van der Waals surface area (Å²) in [5, 5.41) is 16.2. The number of nitrogens with zero attached hydrogens (tertiary/aromatic N) is 5. The minimum absolute atomic E-state index is 0. The summed E-state index contributed by atoms with van der Waals surface area (Å²) in [6, 6.07) is 7.14. The smallest absolute Gasteiger partial charge is 0.726 e. The molecule has 14 nitrogen and oxygen atoms in total. The molecule has 0 spiro atoms. The van der Waals surface area contributed by atoms with Crippen molar-refractivity contribution in [3.05, 3.63) is 64.8 Å². The first-order chi connectivity index (χ1) is 18.6. The molecule has 1 atom stereocenters. The fraction of sp³-hybridized carbons (Fsp3) is 0.348. The second-order valence-electron chi connectivity index (χ2n) is 8.20. The number of ether oxygens (including phenoxy) is 1. The van der Waals surface area contributed by atoms with E-state index >= 15 is 0 Å². The molecule has 1 aromatic carbocycles. The number of methoxy groups -OCH3 is 1. The van der Waals surface area contributed by atoms with Gasteiger partial charge in [0.15, 0.2) is 0 Å². The summed E-state index contributed by atoms with van der Waals surface area (Å²) < 4.78 is 38.0. The Kier molecular flexibility index (Phi) is 13.4. The third kappa shape index (κ3) is 10.4. The second-order valence-corrected chi connectivity index (χ2v) is 9.46. The van der Waals surface area contributed by atoms with E-state index in [1.165, 1.54) is 6.20 Å². The van der Waals surface area contributed by atoms with E-state index in [1.54, 1.807) is 37.7 Å². The summed E-state index contributed by atoms with van der Waals surface area (Å²) in [5.74, 6) is 1.58. The first kappa shape index (κ1) is 33.6. The molecule has 3 aromatic rings. The van der Waals surface area contributed by atoms with Gasteiger partial charge in [-0.2, -0.15) is 4.98 Å². The number of aliphatic hydroxyl groups excluding tert-OH is 1. The van der Waals surface area contributed by atoms with E-state index in [4.69, 9.17) is 33.9 Å². The van der Waals surface area contributed by atoms with Crippen LogP contribution in [0.15, 0.2) is 42.9 Å². The van der Waals surface area contributed by atoms with E-state index < -0.39 is 10.4 Å². The minimum Gasteiger partial charge on any atom is -0.726 e. The van der Waals surface area contributed by atoms with E-state index in [1.807, 2.05) is 11.0 Å². The Morgan fingerprint density at radius 2 is 1.95 bits per heavy atom. The van der Waals surface area contributed by atoms with Gasteiger partial charge in [0.2, 0.25) is 16.3 Å². The molecule has 1 aliphatic rings. The molecule has 1 saturated heterocycles. The number of carbonyl (C=O) groups is 1. The fourth-order valence-electron chi connectivity index (χ4n) is 3.78. The van der Waals surface area contributed by atoms with Gasteiger partial charge in [0, 0.05) is 31.7 Å². The van der Waals surface area contributed by atoms with E-state index in [0.717, 1.165) is 24.9 Å². The number of anilines is 2. The van der Waals surface area contributed by atoms with Crippen molar-refractivity contribution in [2.45, 2.75) is 32.0 Å². The number of halogens is 1. The topological polar surface area (TPSA) is 203 Å². The van der Waals surface area contributed by atoms with Gasteiger partial charge < -0.3 is 29.9 Å². The van der Waals surface area contributed by atoms with Crippen LogP contribution in [0.3, 0.4) is 0 Å². The summed E-state index contributed by atoms with van der Waals surface area (Å²) >= 11 is 6.25. The maximum absolute atomic E-state index is 13.0. The molecule has 1 fully saturated rings. The minimum atomic E-state index is -4.92. The molecule has 0 saturated carbocycles. The Morgan fingerprint density at radius 3 is 2.58 bits per heavy atom. The maximum Gasteiger partial charge on any atom is 1.00 e. The Bertz CT molecular complexity index is 1360. The van der Waals surface area contributed by atoms with Crippen LogP contribution in [0.4, 0.5) is 11.8 Å². The first-order valence-electron chi connectivity index (χ1n) is 11.6. The van der Waals surface area contributed by atoms with Crippen LogP contribution in [0, 0.1) is 0 Å². The van der Waals surface area contributed by atoms with Crippen molar-refractivity contribution in [3.63, 3.8) is 0 Å². The van der Waals surface area contributed by atoms with Gasteiger partial charge >= 0.3 is 29.6 Å². The van der Waals surface area contributed by atoms with E-state index in [0.29, 0.717) is 40.5 Å². The van der Waals surface area contributed by atoms with Gasteiger partial charge in [-0.3, -0.25) is 9.35 Å². The van der Waals surface area contributed by atoms with Crippen LogP contribution < -0.4 is 49.8 Å². The molecule has 0 radical (unpaired) electrons. The van der Waals surface area contributed by atoms with E-state index in [2.05, 4.69) is 30.6 Å². The number of aliphatic hydroxyl groups is 1. The molecule has 17 heteroatoms. The second kappa shape index (κ2) is 16.0. The molecule has 1 aliphatic heterocycles. The molecule has 0 aliphatic carbocycles. The van der Waals surface area contributed by atoms with E-state index in [9.17, 15) is 9.90 Å². The number of hydrogen-bond donors (Lipinski definition) is 4. The summed E-state index contributed by atoms with van der Waals surface area (Å²) in [4.78, 5) is 32.2. The Hall–Kier alpha value is -2.63. The number of rotatable bonds is 9. The van der Waals surface area contributed by atoms with Gasteiger partial charge in [-0.05, 0) is 36.6 Å². The summed E-state index contributed by atoms with van der Waals surface area (Å²) in [6.07, 6.45) is 6.55. The largest absolute Gasteiger partial charge is 1.00 e. The molecule has 40 heavy (non-hydrogen) atoms. The summed E-state index contributed by atoms with van der Waals surface area (Å²) in [7, 11) is -3.36. The fourth-order valence-corrected chi connectivity index (χ4v) is 4.06. The molecule has 210 valence electrons. The first-order valence-corrected chi connectivity index (χ1v) is 13.4. The van der Waals surface area contributed by atoms with Gasteiger partial charge in [0.05, 0.1) is 31.3 Å². The van der Waals surface area contributed by atoms with Crippen molar-refractivity contribution in [2.24, 2.45) is 0 Å². The molecular weight excluding hydrogens is 577 g/mol. The molecule has 2 aromatic heterocycles. The van der Waals surface area contributed by atoms with Gasteiger partial charge in [-0.1, -0.05) is 17.7 Å². The standard InChI is InChI=1S/C23H26ClN7O3.Na.H2O4S/c1-34-19-6-5-15(10-18(19)24)11-27-21-17(22(33)28-13-20-25-7-3-8-26-20)12-29-23(30-21)31-9-2-4-16(31)14-32;;1-5(2,3)4/h3,5-8,10,12,16,32H,2,4,9,11,13-14H2,1H3,(H,28,33)(H,27,29,30);;(H2,1,2,3,4)/q;+1;/p-1. The molecular formula is C23H27ClN7NaO7S. The number of amides is 1. The van der Waals surface area contributed by atoms with Crippen molar-refractivity contribution >= 4 is 39.7 Å². The van der Waals surface area contributed by atoms with Gasteiger partial charge in [-0.15, -0.1) is 0 Å². The van der Waals surface area contributed by atoms with Crippen LogP contribution in [-0.2, 0) is 23.5 Å². The summed E-state index contributed by atoms with van der Waals surface area (Å²) in [6.45, 7) is 1.32. The zero-order chi connectivity index (χ0) is 28.4. The van der Waals surface area contributed by atoms with Crippen molar-refractivity contribution in [3.8, 4) is 5.75 Å². The molecule has 3 heterocycles. The number of carbonyl (C=O) groups excluding carboxylic acids is 1. The number of hydrogen-bond acceptors (Lipinski definition) is 12. The zero-order valence-corrected chi connectivity index (χ0v) is 25.4. The maximum atomic E-state index is 13.0. The van der Waals surface area contributed by atoms with Crippen LogP contribution in [0.2, 0.25) is 5.02 Å². The monoisotopic (exact) mass is 603 g/mol. The Labute approximate surface area is 258 Å². The van der Waals surface area contributed by atoms with Crippen molar-refractivity contribution in [1.29, 1.82) is 0 Å². The Balaban J connectivity index is 0.000000858. The molecule has 1 unspecified atom stereocenters. The number of nitrogens with one attached hydrogen (secondary N) is 2. The van der Waals surface area contributed by atoms with Crippen LogP contribution in [0.25, 0.3) is 0 Å². The van der Waals surface area contributed by atoms with E-state index in [-0.39, 0.29) is 54.7 Å². The van der Waals surface area contributed by atoms with Crippen LogP contribution in [0.1, 0.15) is 34.6 Å². The van der Waals surface area contributed by atoms with Crippen LogP contribution in [-0.4, -0.2) is 74.8 Å². The predicted octanol–water partition coefficient (Wildman–Crippen LogP) is -1.56. The van der Waals surface area contributed by atoms with Gasteiger partial charge in [0.1, 0.15) is 23.0 Å². The molecule has 4 N–H and O–H groups in total. The average Bonchev–Trinajstić information content (AvgIpc) is 3.39. The normalized spacial score (nSPS) is 14.4. The Morgan fingerprint density at radius 1 is 1.25 bits per heavy atom.